The van der Waals surface area contributed by atoms with Gasteiger partial charge < -0.3 is 9.47 Å². The Kier molecular flexibility index (Phi) is 9.63. The van der Waals surface area contributed by atoms with Crippen LogP contribution >= 0.6 is 40.2 Å². The quantitative estimate of drug-likeness (QED) is 0.334. The number of methoxy groups -OCH3 is 2. The first kappa shape index (κ1) is 22.8. The molecule has 0 unspecified atom stereocenters. The second-order valence-electron chi connectivity index (χ2n) is 4.89. The zero-order chi connectivity index (χ0) is 18.9. The summed E-state index contributed by atoms with van der Waals surface area (Å²) in [5.74, 6) is 1.11. The predicted octanol–water partition coefficient (Wildman–Crippen LogP) is 4.07. The van der Waals surface area contributed by atoms with Gasteiger partial charge in [0, 0.05) is 21.2 Å². The van der Waals surface area contributed by atoms with Crippen LogP contribution in [0.4, 0.5) is 0 Å². The number of nitrogens with one attached hydrogen (secondary N) is 3. The Morgan fingerprint density at radius 1 is 0.889 bits per heavy atom. The highest BCUT2D eigenvalue weighted by Crippen LogP contribution is 2.21. The van der Waals surface area contributed by atoms with Crippen molar-refractivity contribution in [3.8, 4) is 11.5 Å². The fraction of sp³-hybridized carbons (Fsp3) is 0.118. The second-order valence-corrected chi connectivity index (χ2v) is 5.76. The Hall–Kier alpha value is -2.29. The fourth-order valence-electron chi connectivity index (χ4n) is 1.97. The van der Waals surface area contributed by atoms with Crippen LogP contribution in [0.5, 0.6) is 11.5 Å². The summed E-state index contributed by atoms with van der Waals surface area (Å²) in [6, 6.07) is 10.3. The summed E-state index contributed by atoms with van der Waals surface area (Å²) in [7, 11) is 3.10. The third-order valence-electron chi connectivity index (χ3n) is 3.14. The van der Waals surface area contributed by atoms with Crippen LogP contribution in [-0.4, -0.2) is 32.6 Å². The first-order chi connectivity index (χ1) is 12.5. The van der Waals surface area contributed by atoms with E-state index in [9.17, 15) is 0 Å². The highest BCUT2D eigenvalue weighted by atomic mass is 79.9. The van der Waals surface area contributed by atoms with Gasteiger partial charge in [-0.25, -0.2) is 10.9 Å². The van der Waals surface area contributed by atoms with Gasteiger partial charge in [0.2, 0.25) is 5.96 Å². The average molecular weight is 475 g/mol. The SMILES string of the molecule is Br.COc1ccc(Cl)cc1C=NNC(=N)NN=Cc1cc(Cl)ccc1OC. The zero-order valence-corrected chi connectivity index (χ0v) is 17.7. The minimum absolute atomic E-state index is 0. The van der Waals surface area contributed by atoms with E-state index in [1.807, 2.05) is 0 Å². The normalized spacial score (nSPS) is 10.5. The van der Waals surface area contributed by atoms with Crippen molar-refractivity contribution in [1.82, 2.24) is 10.9 Å². The third kappa shape index (κ3) is 7.09. The van der Waals surface area contributed by atoms with Crippen molar-refractivity contribution in [3.63, 3.8) is 0 Å². The van der Waals surface area contributed by atoms with E-state index < -0.39 is 0 Å². The number of guanidine groups is 1. The Labute approximate surface area is 177 Å². The summed E-state index contributed by atoms with van der Waals surface area (Å²) in [6.07, 6.45) is 2.98. The molecule has 2 aromatic carbocycles. The van der Waals surface area contributed by atoms with Gasteiger partial charge in [-0.15, -0.1) is 17.0 Å². The summed E-state index contributed by atoms with van der Waals surface area (Å²) in [5, 5.41) is 16.7. The molecule has 3 N–H and O–H groups in total. The van der Waals surface area contributed by atoms with Crippen LogP contribution in [0.1, 0.15) is 11.1 Å². The van der Waals surface area contributed by atoms with Gasteiger partial charge in [0.1, 0.15) is 11.5 Å². The van der Waals surface area contributed by atoms with E-state index in [1.54, 1.807) is 50.6 Å². The Balaban J connectivity index is 0.00000364. The highest BCUT2D eigenvalue weighted by molar-refractivity contribution is 8.93. The molecule has 0 amide bonds. The van der Waals surface area contributed by atoms with Crippen LogP contribution in [0.3, 0.4) is 0 Å². The summed E-state index contributed by atoms with van der Waals surface area (Å²) in [6.45, 7) is 0. The molecule has 0 saturated carbocycles. The number of hydrogen-bond acceptors (Lipinski definition) is 5. The summed E-state index contributed by atoms with van der Waals surface area (Å²) < 4.78 is 10.4. The molecule has 27 heavy (non-hydrogen) atoms. The molecule has 7 nitrogen and oxygen atoms in total. The Bertz CT molecular complexity index is 779. The van der Waals surface area contributed by atoms with Crippen molar-refractivity contribution in [3.05, 3.63) is 57.6 Å². The average Bonchev–Trinajstić information content (AvgIpc) is 2.62. The van der Waals surface area contributed by atoms with E-state index in [4.69, 9.17) is 38.1 Å². The molecule has 0 heterocycles. The van der Waals surface area contributed by atoms with Crippen LogP contribution < -0.4 is 20.3 Å². The predicted molar refractivity (Wildman–Crippen MR) is 116 cm³/mol. The number of hydrazone groups is 2. The zero-order valence-electron chi connectivity index (χ0n) is 14.5. The van der Waals surface area contributed by atoms with Gasteiger partial charge in [-0.1, -0.05) is 23.2 Å². The van der Waals surface area contributed by atoms with Crippen LogP contribution in [0, 0.1) is 5.41 Å². The molecule has 0 spiro atoms. The van der Waals surface area contributed by atoms with E-state index in [1.165, 1.54) is 12.4 Å². The Morgan fingerprint density at radius 2 is 1.30 bits per heavy atom. The number of rotatable bonds is 6. The molecule has 0 aliphatic heterocycles. The van der Waals surface area contributed by atoms with Gasteiger partial charge >= 0.3 is 0 Å². The van der Waals surface area contributed by atoms with Crippen molar-refractivity contribution in [2.24, 2.45) is 10.2 Å². The lowest BCUT2D eigenvalue weighted by molar-refractivity contribution is 0.414. The molecule has 0 radical (unpaired) electrons. The number of ether oxygens (including phenoxy) is 2. The molecule has 10 heteroatoms. The van der Waals surface area contributed by atoms with E-state index >= 15 is 0 Å². The first-order valence-corrected chi connectivity index (χ1v) is 8.13. The van der Waals surface area contributed by atoms with Crippen molar-refractivity contribution in [2.45, 2.75) is 0 Å². The van der Waals surface area contributed by atoms with E-state index in [0.29, 0.717) is 32.7 Å². The molecule has 0 aliphatic carbocycles. The molecule has 0 bridgehead atoms. The third-order valence-corrected chi connectivity index (χ3v) is 3.61. The highest BCUT2D eigenvalue weighted by Gasteiger charge is 2.02. The molecule has 0 saturated heterocycles. The summed E-state index contributed by atoms with van der Waals surface area (Å²) in [4.78, 5) is 0. The van der Waals surface area contributed by atoms with Crippen molar-refractivity contribution < 1.29 is 9.47 Å². The van der Waals surface area contributed by atoms with Gasteiger partial charge in [-0.3, -0.25) is 5.41 Å². The van der Waals surface area contributed by atoms with Gasteiger partial charge in [0.15, 0.2) is 0 Å². The maximum Gasteiger partial charge on any atom is 0.230 e. The lowest BCUT2D eigenvalue weighted by atomic mass is 10.2. The molecular formula is C17H18BrCl2N5O2. The van der Waals surface area contributed by atoms with Gasteiger partial charge in [0.05, 0.1) is 26.6 Å². The monoisotopic (exact) mass is 473 g/mol. The maximum absolute atomic E-state index is 7.74. The van der Waals surface area contributed by atoms with E-state index in [-0.39, 0.29) is 22.9 Å². The van der Waals surface area contributed by atoms with Crippen LogP contribution in [-0.2, 0) is 0 Å². The molecular weight excluding hydrogens is 457 g/mol. The minimum Gasteiger partial charge on any atom is -0.496 e. The van der Waals surface area contributed by atoms with Crippen molar-refractivity contribution in [2.75, 3.05) is 14.2 Å². The summed E-state index contributed by atoms with van der Waals surface area (Å²) >= 11 is 11.9. The molecule has 0 atom stereocenters. The standard InChI is InChI=1S/C17H17Cl2N5O2.BrH/c1-25-15-5-3-13(18)7-11(15)9-21-23-17(20)24-22-10-12-8-14(19)4-6-16(12)26-2;/h3-10H,1-2H3,(H3,20,23,24);1H. The van der Waals surface area contributed by atoms with E-state index in [0.717, 1.165) is 0 Å². The van der Waals surface area contributed by atoms with Crippen molar-refractivity contribution in [1.29, 1.82) is 5.41 Å². The van der Waals surface area contributed by atoms with Gasteiger partial charge in [0.25, 0.3) is 0 Å². The fourth-order valence-corrected chi connectivity index (χ4v) is 2.33. The lowest BCUT2D eigenvalue weighted by Gasteiger charge is -2.06. The molecule has 2 aromatic rings. The number of hydrogen-bond donors (Lipinski definition) is 3. The molecule has 144 valence electrons. The first-order valence-electron chi connectivity index (χ1n) is 7.37. The largest absolute Gasteiger partial charge is 0.496 e. The molecule has 0 fully saturated rings. The minimum atomic E-state index is -0.125. The maximum atomic E-state index is 7.74. The van der Waals surface area contributed by atoms with Crippen LogP contribution in [0.15, 0.2) is 46.6 Å². The molecule has 0 aromatic heterocycles. The number of benzene rings is 2. The smallest absolute Gasteiger partial charge is 0.230 e. The van der Waals surface area contributed by atoms with Gasteiger partial charge in [-0.05, 0) is 36.4 Å². The second kappa shape index (κ2) is 11.4. The molecule has 2 rings (SSSR count). The van der Waals surface area contributed by atoms with Crippen LogP contribution in [0.25, 0.3) is 0 Å². The topological polar surface area (TPSA) is 91.1 Å². The molecule has 0 aliphatic rings. The lowest BCUT2D eigenvalue weighted by Crippen LogP contribution is -2.29. The van der Waals surface area contributed by atoms with E-state index in [2.05, 4.69) is 21.1 Å². The van der Waals surface area contributed by atoms with Crippen LogP contribution in [0.2, 0.25) is 10.0 Å². The Morgan fingerprint density at radius 3 is 1.67 bits per heavy atom. The number of halogens is 3. The van der Waals surface area contributed by atoms with Gasteiger partial charge in [-0.2, -0.15) is 10.2 Å². The summed E-state index contributed by atoms with van der Waals surface area (Å²) in [5.41, 5.74) is 6.35. The number of nitrogens with zero attached hydrogens (tertiary/aromatic N) is 2. The van der Waals surface area contributed by atoms with Crippen molar-refractivity contribution >= 4 is 58.6 Å².